The first-order valence-electron chi connectivity index (χ1n) is 7.96. The van der Waals surface area contributed by atoms with E-state index in [1.165, 1.54) is 7.11 Å². The Labute approximate surface area is 167 Å². The lowest BCUT2D eigenvalue weighted by molar-refractivity contribution is -0.119. The van der Waals surface area contributed by atoms with Crippen molar-refractivity contribution >= 4 is 37.5 Å². The number of hydrogen-bond acceptors (Lipinski definition) is 5. The molecule has 27 heavy (non-hydrogen) atoms. The molecule has 0 heterocycles. The Morgan fingerprint density at radius 3 is 2.37 bits per heavy atom. The zero-order valence-corrected chi connectivity index (χ0v) is 17.6. The number of anilines is 1. The van der Waals surface area contributed by atoms with Crippen molar-refractivity contribution in [3.05, 3.63) is 52.5 Å². The molecule has 2 rings (SSSR count). The van der Waals surface area contributed by atoms with Gasteiger partial charge in [-0.15, -0.1) is 0 Å². The average Bonchev–Trinajstić information content (AvgIpc) is 2.64. The number of sulfonamides is 1. The lowest BCUT2D eigenvalue weighted by Gasteiger charge is -2.23. The third-order valence-corrected chi connectivity index (χ3v) is 5.54. The second kappa shape index (κ2) is 9.09. The number of ether oxygens (including phenoxy) is 2. The van der Waals surface area contributed by atoms with Crippen LogP contribution in [0.3, 0.4) is 0 Å². The van der Waals surface area contributed by atoms with Crippen molar-refractivity contribution in [3.8, 4) is 11.5 Å². The van der Waals surface area contributed by atoms with E-state index in [4.69, 9.17) is 9.47 Å². The van der Waals surface area contributed by atoms with Gasteiger partial charge in [0.1, 0.15) is 6.54 Å². The molecule has 9 heteroatoms. The highest BCUT2D eigenvalue weighted by atomic mass is 79.9. The zero-order valence-electron chi connectivity index (χ0n) is 15.2. The maximum absolute atomic E-state index is 12.3. The number of benzene rings is 2. The summed E-state index contributed by atoms with van der Waals surface area (Å²) < 4.78 is 36.3. The topological polar surface area (TPSA) is 84.9 Å². The molecule has 2 aromatic carbocycles. The largest absolute Gasteiger partial charge is 0.493 e. The van der Waals surface area contributed by atoms with E-state index in [0.29, 0.717) is 21.7 Å². The van der Waals surface area contributed by atoms with Crippen LogP contribution in [0.5, 0.6) is 11.5 Å². The smallest absolute Gasteiger partial charge is 0.241 e. The SMILES string of the molecule is COc1ccc(CNC(=O)CN(c2ccccc2Br)S(C)(=O)=O)cc1OC. The van der Waals surface area contributed by atoms with Gasteiger partial charge in [-0.25, -0.2) is 8.42 Å². The quantitative estimate of drug-likeness (QED) is 0.659. The minimum Gasteiger partial charge on any atom is -0.493 e. The summed E-state index contributed by atoms with van der Waals surface area (Å²) in [7, 11) is -0.560. The number of amides is 1. The molecule has 0 bridgehead atoms. The van der Waals surface area contributed by atoms with E-state index in [0.717, 1.165) is 16.1 Å². The number of nitrogens with zero attached hydrogens (tertiary/aromatic N) is 1. The van der Waals surface area contributed by atoms with Crippen LogP contribution in [0.1, 0.15) is 5.56 Å². The van der Waals surface area contributed by atoms with Crippen molar-refractivity contribution in [2.24, 2.45) is 0 Å². The van der Waals surface area contributed by atoms with Crippen LogP contribution < -0.4 is 19.1 Å². The molecule has 0 spiro atoms. The number of halogens is 1. The number of nitrogens with one attached hydrogen (secondary N) is 1. The molecule has 0 unspecified atom stereocenters. The third kappa shape index (κ3) is 5.61. The summed E-state index contributed by atoms with van der Waals surface area (Å²) in [5.74, 6) is 0.714. The van der Waals surface area contributed by atoms with Crippen LogP contribution in [-0.4, -0.2) is 41.3 Å². The summed E-state index contributed by atoms with van der Waals surface area (Å²) in [5.41, 5.74) is 1.20. The second-order valence-electron chi connectivity index (χ2n) is 5.69. The molecule has 0 aliphatic heterocycles. The van der Waals surface area contributed by atoms with E-state index in [9.17, 15) is 13.2 Å². The van der Waals surface area contributed by atoms with Crippen LogP contribution in [0.2, 0.25) is 0 Å². The number of rotatable bonds is 8. The molecule has 1 N–H and O–H groups in total. The highest BCUT2D eigenvalue weighted by Crippen LogP contribution is 2.28. The summed E-state index contributed by atoms with van der Waals surface area (Å²) in [6.45, 7) is -0.0957. The summed E-state index contributed by atoms with van der Waals surface area (Å²) in [5, 5.41) is 2.72. The molecular formula is C18H21BrN2O5S. The van der Waals surface area contributed by atoms with E-state index < -0.39 is 15.9 Å². The van der Waals surface area contributed by atoms with Gasteiger partial charge in [-0.2, -0.15) is 0 Å². The lowest BCUT2D eigenvalue weighted by atomic mass is 10.2. The van der Waals surface area contributed by atoms with Gasteiger partial charge in [0.05, 0.1) is 26.2 Å². The predicted molar refractivity (Wildman–Crippen MR) is 108 cm³/mol. The number of para-hydroxylation sites is 1. The first kappa shape index (κ1) is 21.0. The Bertz CT molecular complexity index is 918. The predicted octanol–water partition coefficient (Wildman–Crippen LogP) is 2.55. The van der Waals surface area contributed by atoms with Gasteiger partial charge in [0.2, 0.25) is 15.9 Å². The van der Waals surface area contributed by atoms with Gasteiger partial charge in [0.15, 0.2) is 11.5 Å². The minimum absolute atomic E-state index is 0.229. The van der Waals surface area contributed by atoms with Crippen LogP contribution >= 0.6 is 15.9 Å². The minimum atomic E-state index is -3.63. The fourth-order valence-corrected chi connectivity index (χ4v) is 3.90. The molecule has 0 saturated carbocycles. The molecule has 0 aliphatic rings. The van der Waals surface area contributed by atoms with E-state index in [2.05, 4.69) is 21.2 Å². The van der Waals surface area contributed by atoms with Crippen LogP contribution in [0, 0.1) is 0 Å². The number of hydrogen-bond donors (Lipinski definition) is 1. The first-order chi connectivity index (χ1) is 12.8. The van der Waals surface area contributed by atoms with Crippen molar-refractivity contribution in [2.75, 3.05) is 31.3 Å². The molecule has 0 radical (unpaired) electrons. The van der Waals surface area contributed by atoms with Gasteiger partial charge in [0, 0.05) is 11.0 Å². The molecular weight excluding hydrogens is 436 g/mol. The Morgan fingerprint density at radius 1 is 1.11 bits per heavy atom. The second-order valence-corrected chi connectivity index (χ2v) is 8.45. The highest BCUT2D eigenvalue weighted by Gasteiger charge is 2.22. The van der Waals surface area contributed by atoms with Gasteiger partial charge < -0.3 is 14.8 Å². The maximum Gasteiger partial charge on any atom is 0.241 e. The van der Waals surface area contributed by atoms with E-state index in [1.54, 1.807) is 49.6 Å². The van der Waals surface area contributed by atoms with Crippen molar-refractivity contribution in [2.45, 2.75) is 6.54 Å². The van der Waals surface area contributed by atoms with E-state index in [1.807, 2.05) is 0 Å². The Morgan fingerprint density at radius 2 is 1.78 bits per heavy atom. The molecule has 0 fully saturated rings. The van der Waals surface area contributed by atoms with Gasteiger partial charge in [-0.05, 0) is 45.8 Å². The third-order valence-electron chi connectivity index (χ3n) is 3.75. The monoisotopic (exact) mass is 456 g/mol. The molecule has 0 atom stereocenters. The molecule has 0 saturated heterocycles. The number of carbonyl (C=O) groups excluding carboxylic acids is 1. The summed E-state index contributed by atoms with van der Waals surface area (Å²) in [6, 6.07) is 12.1. The maximum atomic E-state index is 12.3. The van der Waals surface area contributed by atoms with Gasteiger partial charge >= 0.3 is 0 Å². The summed E-state index contributed by atoms with van der Waals surface area (Å²) in [4.78, 5) is 12.3. The van der Waals surface area contributed by atoms with E-state index >= 15 is 0 Å². The van der Waals surface area contributed by atoms with Crippen LogP contribution in [0.4, 0.5) is 5.69 Å². The van der Waals surface area contributed by atoms with Gasteiger partial charge in [-0.1, -0.05) is 18.2 Å². The number of methoxy groups -OCH3 is 2. The molecule has 0 aliphatic carbocycles. The molecule has 146 valence electrons. The first-order valence-corrected chi connectivity index (χ1v) is 10.6. The van der Waals surface area contributed by atoms with Crippen LogP contribution in [0.25, 0.3) is 0 Å². The average molecular weight is 457 g/mol. The van der Waals surface area contributed by atoms with Crippen molar-refractivity contribution in [1.29, 1.82) is 0 Å². The van der Waals surface area contributed by atoms with Crippen LogP contribution in [-0.2, 0) is 21.4 Å². The number of carbonyl (C=O) groups is 1. The highest BCUT2D eigenvalue weighted by molar-refractivity contribution is 9.10. The fourth-order valence-electron chi connectivity index (χ4n) is 2.41. The van der Waals surface area contributed by atoms with Crippen molar-refractivity contribution < 1.29 is 22.7 Å². The van der Waals surface area contributed by atoms with Crippen molar-refractivity contribution in [1.82, 2.24) is 5.32 Å². The molecule has 7 nitrogen and oxygen atoms in total. The van der Waals surface area contributed by atoms with Gasteiger partial charge in [-0.3, -0.25) is 9.10 Å². The lowest BCUT2D eigenvalue weighted by Crippen LogP contribution is -2.40. The standard InChI is InChI=1S/C18H21BrN2O5S/c1-25-16-9-8-13(10-17(16)26-2)11-20-18(22)12-21(27(3,23)24)15-7-5-4-6-14(15)19/h4-10H,11-12H2,1-3H3,(H,20,22). The summed E-state index contributed by atoms with van der Waals surface area (Å²) >= 11 is 3.32. The van der Waals surface area contributed by atoms with Crippen molar-refractivity contribution in [3.63, 3.8) is 0 Å². The zero-order chi connectivity index (χ0) is 20.0. The summed E-state index contributed by atoms with van der Waals surface area (Å²) in [6.07, 6.45) is 1.06. The Kier molecular flexibility index (Phi) is 7.09. The normalized spacial score (nSPS) is 11.0. The van der Waals surface area contributed by atoms with Gasteiger partial charge in [0.25, 0.3) is 0 Å². The van der Waals surface area contributed by atoms with Crippen LogP contribution in [0.15, 0.2) is 46.9 Å². The Hall–Kier alpha value is -2.26. The van der Waals surface area contributed by atoms with E-state index in [-0.39, 0.29) is 13.1 Å². The molecule has 2 aromatic rings. The molecule has 1 amide bonds. The molecule has 0 aromatic heterocycles. The Balaban J connectivity index is 2.10. The fraction of sp³-hybridized carbons (Fsp3) is 0.278.